The summed E-state index contributed by atoms with van der Waals surface area (Å²) >= 11 is 0. The molecule has 0 radical (unpaired) electrons. The van der Waals surface area contributed by atoms with E-state index >= 15 is 0 Å². The van der Waals surface area contributed by atoms with Gasteiger partial charge < -0.3 is 16.0 Å². The number of urea groups is 1. The molecule has 0 fully saturated rings. The molecule has 0 saturated carbocycles. The average molecular weight is 393 g/mol. The van der Waals surface area contributed by atoms with E-state index in [2.05, 4.69) is 25.9 Å². The fourth-order valence-electron chi connectivity index (χ4n) is 2.90. The maximum absolute atomic E-state index is 12.5. The predicted octanol–water partition coefficient (Wildman–Crippen LogP) is 5.08. The van der Waals surface area contributed by atoms with E-state index in [-0.39, 0.29) is 8.88 Å². The molecule has 2 amide bonds. The van der Waals surface area contributed by atoms with E-state index < -0.39 is 5.54 Å². The van der Waals surface area contributed by atoms with Gasteiger partial charge in [-0.15, -0.1) is 0 Å². The lowest BCUT2D eigenvalue weighted by molar-refractivity contribution is 0.242. The summed E-state index contributed by atoms with van der Waals surface area (Å²) in [7, 11) is 0. The molecule has 0 aliphatic heterocycles. The minimum atomic E-state index is -0.545. The minimum Gasteiger partial charge on any atom is -0.354 e. The third kappa shape index (κ3) is 5.16. The first-order valence-electron chi connectivity index (χ1n) is 9.22. The number of carbonyl (C=O) groups excluding carboxylic acids is 1. The van der Waals surface area contributed by atoms with Gasteiger partial charge in [0.1, 0.15) is 5.82 Å². The van der Waals surface area contributed by atoms with Gasteiger partial charge in [-0.25, -0.2) is 9.78 Å². The van der Waals surface area contributed by atoms with Crippen LogP contribution in [-0.2, 0) is 5.54 Å². The number of nitrogens with zero attached hydrogens (tertiary/aromatic N) is 2. The first kappa shape index (κ1) is 20.0. The molecule has 2 heterocycles. The summed E-state index contributed by atoms with van der Waals surface area (Å²) in [6.07, 6.45) is 4.52. The van der Waals surface area contributed by atoms with E-state index in [0.717, 1.165) is 16.9 Å². The Labute approximate surface area is 173 Å². The lowest BCUT2D eigenvalue weighted by Crippen LogP contribution is -2.43. The number of aryl methyl sites for hydroxylation is 1. The predicted molar refractivity (Wildman–Crippen MR) is 120 cm³/mol. The van der Waals surface area contributed by atoms with E-state index in [9.17, 15) is 4.79 Å². The third-order valence-corrected chi connectivity index (χ3v) is 4.43. The second-order valence-corrected chi connectivity index (χ2v) is 7.18. The van der Waals surface area contributed by atoms with E-state index in [1.807, 2.05) is 63.2 Å². The van der Waals surface area contributed by atoms with Gasteiger partial charge >= 0.3 is 6.03 Å². The Bertz CT molecular complexity index is 1030. The van der Waals surface area contributed by atoms with Gasteiger partial charge in [-0.05, 0) is 44.5 Å². The van der Waals surface area contributed by atoms with Crippen molar-refractivity contribution < 1.29 is 7.65 Å². The Balaban J connectivity index is 0.00000240. The molecule has 7 nitrogen and oxygen atoms in total. The van der Waals surface area contributed by atoms with Crippen LogP contribution in [0.5, 0.6) is 0 Å². The van der Waals surface area contributed by atoms with E-state index in [4.69, 9.17) is 5.41 Å². The Kier molecular flexibility index (Phi) is 5.87. The fourth-order valence-corrected chi connectivity index (χ4v) is 2.90. The monoisotopic (exact) mass is 392 g/mol. The molecule has 0 atom stereocenters. The number of rotatable bonds is 6. The summed E-state index contributed by atoms with van der Waals surface area (Å²) in [6.45, 7) is 5.77. The summed E-state index contributed by atoms with van der Waals surface area (Å²) in [5.41, 5.74) is 3.46. The fraction of sp³-hybridized carbons (Fsp3) is 0.182. The molecule has 29 heavy (non-hydrogen) atoms. The number of benzene rings is 1. The van der Waals surface area contributed by atoms with Crippen LogP contribution in [0.15, 0.2) is 60.9 Å². The lowest BCUT2D eigenvalue weighted by atomic mass is 9.95. The van der Waals surface area contributed by atoms with Crippen LogP contribution >= 0.6 is 0 Å². The van der Waals surface area contributed by atoms with Crippen LogP contribution in [0, 0.1) is 12.3 Å². The number of amides is 2. The number of hydrogen-bond acceptors (Lipinski definition) is 5. The molecule has 0 bridgehead atoms. The first-order valence-corrected chi connectivity index (χ1v) is 9.22. The van der Waals surface area contributed by atoms with Crippen molar-refractivity contribution in [1.29, 1.82) is 5.41 Å². The molecule has 2 aromatic heterocycles. The molecule has 7 heteroatoms. The van der Waals surface area contributed by atoms with Crippen molar-refractivity contribution in [3.8, 4) is 0 Å². The van der Waals surface area contributed by atoms with Crippen LogP contribution in [-0.4, -0.2) is 22.2 Å². The zero-order valence-electron chi connectivity index (χ0n) is 16.7. The van der Waals surface area contributed by atoms with Crippen molar-refractivity contribution in [2.75, 3.05) is 10.6 Å². The topological polar surface area (TPSA) is 103 Å². The van der Waals surface area contributed by atoms with Crippen molar-refractivity contribution >= 4 is 29.4 Å². The number of aromatic nitrogens is 2. The van der Waals surface area contributed by atoms with Crippen molar-refractivity contribution in [3.63, 3.8) is 0 Å². The quantitative estimate of drug-likeness (QED) is 0.439. The molecule has 0 spiro atoms. The highest BCUT2D eigenvalue weighted by Crippen LogP contribution is 2.22. The zero-order chi connectivity index (χ0) is 20.9. The standard InChI is InChI=1S/C22H24N6O.2H2/c1-15-11-18(9-10-24-15)26-19-14-25-20(12-16(19)13-23)27-21(29)28-22(2,3)17-7-5-4-6-8-17;;/h4-14,23H,1-3H3,(H,24,26)(H2,25,27,28,29);2*1H. The molecule has 0 unspecified atom stereocenters. The maximum atomic E-state index is 12.5. The van der Waals surface area contributed by atoms with Crippen molar-refractivity contribution in [3.05, 3.63) is 77.7 Å². The Morgan fingerprint density at radius 3 is 2.59 bits per heavy atom. The maximum Gasteiger partial charge on any atom is 0.321 e. The summed E-state index contributed by atoms with van der Waals surface area (Å²) in [4.78, 5) is 20.9. The number of hydrogen-bond donors (Lipinski definition) is 4. The van der Waals surface area contributed by atoms with Gasteiger partial charge in [0.05, 0.1) is 17.4 Å². The summed E-state index contributed by atoms with van der Waals surface area (Å²) in [6, 6.07) is 14.8. The van der Waals surface area contributed by atoms with Gasteiger partial charge in [-0.2, -0.15) is 0 Å². The first-order chi connectivity index (χ1) is 13.9. The van der Waals surface area contributed by atoms with Crippen LogP contribution in [0.2, 0.25) is 0 Å². The number of pyridine rings is 2. The van der Waals surface area contributed by atoms with Gasteiger partial charge in [0, 0.05) is 32.2 Å². The van der Waals surface area contributed by atoms with Crippen LogP contribution in [0.3, 0.4) is 0 Å². The van der Waals surface area contributed by atoms with Crippen molar-refractivity contribution in [2.24, 2.45) is 0 Å². The van der Waals surface area contributed by atoms with Gasteiger partial charge in [0.15, 0.2) is 0 Å². The molecule has 4 N–H and O–H groups in total. The molecular formula is C22H28N6O. The molecule has 0 saturated heterocycles. The Hall–Kier alpha value is -3.74. The van der Waals surface area contributed by atoms with Crippen molar-refractivity contribution in [2.45, 2.75) is 26.3 Å². The molecule has 3 aromatic rings. The molecular weight excluding hydrogens is 364 g/mol. The van der Waals surface area contributed by atoms with E-state index in [1.54, 1.807) is 18.5 Å². The summed E-state index contributed by atoms with van der Waals surface area (Å²) < 4.78 is 0. The highest BCUT2D eigenvalue weighted by Gasteiger charge is 2.22. The molecule has 152 valence electrons. The van der Waals surface area contributed by atoms with Crippen LogP contribution in [0.25, 0.3) is 0 Å². The van der Waals surface area contributed by atoms with Crippen molar-refractivity contribution in [1.82, 2.24) is 15.3 Å². The van der Waals surface area contributed by atoms with Crippen LogP contribution in [0.4, 0.5) is 22.0 Å². The number of nitrogens with one attached hydrogen (secondary N) is 4. The second kappa shape index (κ2) is 8.52. The van der Waals surface area contributed by atoms with Crippen LogP contribution < -0.4 is 16.0 Å². The number of carbonyl (C=O) groups is 1. The van der Waals surface area contributed by atoms with E-state index in [0.29, 0.717) is 17.1 Å². The smallest absolute Gasteiger partial charge is 0.321 e. The minimum absolute atomic E-state index is 0. The normalized spacial score (nSPS) is 10.9. The summed E-state index contributed by atoms with van der Waals surface area (Å²) in [5, 5.41) is 16.6. The third-order valence-electron chi connectivity index (χ3n) is 4.43. The highest BCUT2D eigenvalue weighted by molar-refractivity contribution is 5.92. The zero-order valence-corrected chi connectivity index (χ0v) is 16.7. The lowest BCUT2D eigenvalue weighted by Gasteiger charge is -2.27. The van der Waals surface area contributed by atoms with Gasteiger partial charge in [0.25, 0.3) is 0 Å². The molecule has 0 aliphatic rings. The Morgan fingerprint density at radius 1 is 1.14 bits per heavy atom. The van der Waals surface area contributed by atoms with Gasteiger partial charge in [-0.1, -0.05) is 30.3 Å². The number of anilines is 3. The Morgan fingerprint density at radius 2 is 1.90 bits per heavy atom. The summed E-state index contributed by atoms with van der Waals surface area (Å²) in [5.74, 6) is 0.362. The molecule has 1 aromatic carbocycles. The SMILES string of the molecule is Cc1cc(Nc2cnc(NC(=O)NC(C)(C)c3ccccc3)cc2C=N)ccn1.[HH].[HH]. The second-order valence-electron chi connectivity index (χ2n) is 7.18. The van der Waals surface area contributed by atoms with Gasteiger partial charge in [0.2, 0.25) is 0 Å². The molecule has 3 rings (SSSR count). The van der Waals surface area contributed by atoms with Gasteiger partial charge in [-0.3, -0.25) is 10.3 Å². The molecule has 0 aliphatic carbocycles. The highest BCUT2D eigenvalue weighted by atomic mass is 16.2. The largest absolute Gasteiger partial charge is 0.354 e. The van der Waals surface area contributed by atoms with E-state index in [1.165, 1.54) is 6.21 Å². The van der Waals surface area contributed by atoms with Crippen LogP contribution in [0.1, 0.15) is 33.5 Å². The average Bonchev–Trinajstić information content (AvgIpc) is 2.69.